The largest absolute Gasteiger partial charge is 0.500 e. The molecule has 0 aromatic carbocycles. The summed E-state index contributed by atoms with van der Waals surface area (Å²) in [7, 11) is 5.64. The molecule has 0 rings (SSSR count). The van der Waals surface area contributed by atoms with Gasteiger partial charge in [-0.25, -0.2) is 0 Å². The van der Waals surface area contributed by atoms with Crippen LogP contribution in [0.25, 0.3) is 0 Å². The average molecular weight is 483 g/mol. The van der Waals surface area contributed by atoms with E-state index in [0.717, 1.165) is 36.9 Å². The summed E-state index contributed by atoms with van der Waals surface area (Å²) in [6.45, 7) is 2.06. The first kappa shape index (κ1) is 32.3. The Bertz CT molecular complexity index is 315. The van der Waals surface area contributed by atoms with Crippen molar-refractivity contribution < 1.29 is 22.8 Å². The lowest BCUT2D eigenvalue weighted by Gasteiger charge is -2.23. The van der Waals surface area contributed by atoms with Gasteiger partial charge >= 0.3 is 8.80 Å². The van der Waals surface area contributed by atoms with E-state index in [0.29, 0.717) is 5.88 Å². The maximum Gasteiger partial charge on any atom is 0.500 e. The van der Waals surface area contributed by atoms with Crippen LogP contribution in [0.1, 0.15) is 26.2 Å². The predicted molar refractivity (Wildman–Crippen MR) is 122 cm³/mol. The van der Waals surface area contributed by atoms with Gasteiger partial charge in [-0.05, 0) is 31.0 Å². The van der Waals surface area contributed by atoms with Gasteiger partial charge in [0.25, 0.3) is 0 Å². The van der Waals surface area contributed by atoms with Crippen LogP contribution in [-0.4, -0.2) is 77.3 Å². The highest BCUT2D eigenvalue weighted by atomic mass is 35.5. The van der Waals surface area contributed by atoms with Crippen LogP contribution in [0.5, 0.6) is 0 Å². The van der Waals surface area contributed by atoms with Crippen molar-refractivity contribution in [1.82, 2.24) is 0 Å². The van der Waals surface area contributed by atoms with Crippen molar-refractivity contribution in [2.24, 2.45) is 0 Å². The van der Waals surface area contributed by atoms with Crippen molar-refractivity contribution in [3.05, 3.63) is 0 Å². The number of alkyl halides is 2. The van der Waals surface area contributed by atoms with Gasteiger partial charge in [-0.3, -0.25) is 0 Å². The molecule has 6 nitrogen and oxygen atoms in total. The summed E-state index contributed by atoms with van der Waals surface area (Å²) in [4.78, 5) is 0. The monoisotopic (exact) mass is 481 g/mol. The maximum absolute atomic E-state index is 7.91. The summed E-state index contributed by atoms with van der Waals surface area (Å²) >= 11 is 12.4. The molecule has 0 radical (unpaired) electrons. The smallest absolute Gasteiger partial charge is 0.377 e. The summed E-state index contributed by atoms with van der Waals surface area (Å²) in [5, 5.41) is 9.90. The summed E-state index contributed by atoms with van der Waals surface area (Å²) in [5.74, 6) is 2.43. The van der Waals surface area contributed by atoms with Gasteiger partial charge in [0.05, 0.1) is 9.52 Å². The SMILES string of the molecule is CCCSC#N.COC(OC)[SiH2]CCCCl.CO[Si](CCCCl)(OC)OC. The van der Waals surface area contributed by atoms with Gasteiger partial charge in [0.1, 0.15) is 11.3 Å². The molecule has 0 N–H and O–H groups in total. The molecule has 0 aromatic rings. The minimum Gasteiger partial charge on any atom is -0.377 e. The van der Waals surface area contributed by atoms with Crippen LogP contribution in [0.4, 0.5) is 0 Å². The molecule has 0 aliphatic carbocycles. The second-order valence-corrected chi connectivity index (χ2v) is 11.8. The second kappa shape index (κ2) is 26.7. The van der Waals surface area contributed by atoms with Crippen LogP contribution in [0, 0.1) is 10.7 Å². The van der Waals surface area contributed by atoms with Crippen LogP contribution in [0.3, 0.4) is 0 Å². The third-order valence-electron chi connectivity index (χ3n) is 3.27. The number of halogens is 2. The molecule has 0 aliphatic rings. The highest BCUT2D eigenvalue weighted by molar-refractivity contribution is 8.03. The Kier molecular flexibility index (Phi) is 31.9. The molecule has 0 bridgehead atoms. The van der Waals surface area contributed by atoms with E-state index >= 15 is 0 Å². The topological polar surface area (TPSA) is 69.9 Å². The number of hydrogen-bond acceptors (Lipinski definition) is 7. The zero-order valence-electron chi connectivity index (χ0n) is 17.6. The fourth-order valence-corrected chi connectivity index (χ4v) is 5.95. The lowest BCUT2D eigenvalue weighted by atomic mass is 10.6. The summed E-state index contributed by atoms with van der Waals surface area (Å²) in [5.41, 5.74) is 0. The molecular formula is C16H37Cl2NO5SSi2. The van der Waals surface area contributed by atoms with E-state index in [4.69, 9.17) is 51.2 Å². The minimum absolute atomic E-state index is 0.0863. The van der Waals surface area contributed by atoms with Crippen molar-refractivity contribution >= 4 is 53.3 Å². The minimum atomic E-state index is -2.32. The van der Waals surface area contributed by atoms with Crippen molar-refractivity contribution in [3.63, 3.8) is 0 Å². The number of methoxy groups -OCH3 is 2. The van der Waals surface area contributed by atoms with E-state index in [9.17, 15) is 0 Å². The Labute approximate surface area is 183 Å². The molecule has 0 atom stereocenters. The van der Waals surface area contributed by atoms with Crippen LogP contribution < -0.4 is 0 Å². The van der Waals surface area contributed by atoms with Crippen LogP contribution in [0.15, 0.2) is 0 Å². The molecule has 0 spiro atoms. The Morgan fingerprint density at radius 2 is 1.52 bits per heavy atom. The number of thioether (sulfide) groups is 1. The number of hydrogen-bond donors (Lipinski definition) is 0. The fraction of sp³-hybridized carbons (Fsp3) is 0.938. The van der Waals surface area contributed by atoms with E-state index in [-0.39, 0.29) is 15.4 Å². The molecule has 164 valence electrons. The first-order chi connectivity index (χ1) is 13.0. The van der Waals surface area contributed by atoms with Gasteiger partial charge in [0, 0.05) is 59.1 Å². The van der Waals surface area contributed by atoms with Gasteiger partial charge in [0.2, 0.25) is 0 Å². The average Bonchev–Trinajstić information content (AvgIpc) is 2.72. The molecule has 0 saturated heterocycles. The summed E-state index contributed by atoms with van der Waals surface area (Å²) in [6.07, 6.45) is 3.05. The van der Waals surface area contributed by atoms with E-state index in [1.165, 1.54) is 17.8 Å². The number of ether oxygens (including phenoxy) is 2. The second-order valence-electron chi connectivity index (χ2n) is 5.11. The van der Waals surface area contributed by atoms with Crippen molar-refractivity contribution in [1.29, 1.82) is 5.26 Å². The summed E-state index contributed by atoms with van der Waals surface area (Å²) in [6, 6.07) is 1.98. The molecule has 0 fully saturated rings. The van der Waals surface area contributed by atoms with Gasteiger partial charge in [0.15, 0.2) is 0 Å². The molecule has 27 heavy (non-hydrogen) atoms. The predicted octanol–water partition coefficient (Wildman–Crippen LogP) is 3.88. The third kappa shape index (κ3) is 22.8. The van der Waals surface area contributed by atoms with Crippen molar-refractivity contribution in [2.45, 2.75) is 44.2 Å². The number of nitrogens with zero attached hydrogens (tertiary/aromatic N) is 1. The van der Waals surface area contributed by atoms with Gasteiger partial charge < -0.3 is 22.8 Å². The van der Waals surface area contributed by atoms with Crippen LogP contribution in [-0.2, 0) is 22.8 Å². The molecule has 0 aromatic heterocycles. The Hall–Kier alpha value is 0.654. The number of nitriles is 1. The molecule has 0 aliphatic heterocycles. The number of rotatable bonds is 14. The third-order valence-corrected chi connectivity index (χ3v) is 9.42. The highest BCUT2D eigenvalue weighted by Gasteiger charge is 2.36. The zero-order valence-corrected chi connectivity index (χ0v) is 22.3. The van der Waals surface area contributed by atoms with Crippen molar-refractivity contribution in [2.75, 3.05) is 53.1 Å². The fourth-order valence-electron chi connectivity index (χ4n) is 1.72. The van der Waals surface area contributed by atoms with E-state index in [1.54, 1.807) is 35.5 Å². The first-order valence-electron chi connectivity index (χ1n) is 8.84. The zero-order chi connectivity index (χ0) is 21.4. The van der Waals surface area contributed by atoms with Crippen LogP contribution >= 0.6 is 35.0 Å². The standard InChI is InChI=1S/C6H15ClO3Si.C6H15ClO2Si.C4H7NS/c1-8-11(9-2,10-3)6-4-5-7;1-8-6(9-2)10-5-3-4-7;1-2-3-6-4-5/h4-6H2,1-3H3;6H,3-5,10H2,1-2H3;2-3H2,1H3. The van der Waals surface area contributed by atoms with Gasteiger partial charge in [-0.2, -0.15) is 5.26 Å². The Balaban J connectivity index is -0.000000334. The molecule has 0 amide bonds. The lowest BCUT2D eigenvalue weighted by molar-refractivity contribution is -0.0441. The summed E-state index contributed by atoms with van der Waals surface area (Å²) < 4.78 is 25.6. The Morgan fingerprint density at radius 1 is 1.00 bits per heavy atom. The molecule has 11 heteroatoms. The van der Waals surface area contributed by atoms with Crippen molar-refractivity contribution in [3.8, 4) is 5.40 Å². The molecular weight excluding hydrogens is 445 g/mol. The van der Waals surface area contributed by atoms with E-state index in [2.05, 4.69) is 6.92 Å². The van der Waals surface area contributed by atoms with Crippen LogP contribution in [0.2, 0.25) is 12.1 Å². The quantitative estimate of drug-likeness (QED) is 0.122. The molecule has 0 saturated carbocycles. The Morgan fingerprint density at radius 3 is 1.81 bits per heavy atom. The van der Waals surface area contributed by atoms with E-state index < -0.39 is 8.80 Å². The normalized spacial score (nSPS) is 11.0. The highest BCUT2D eigenvalue weighted by Crippen LogP contribution is 2.14. The van der Waals surface area contributed by atoms with Gasteiger partial charge in [-0.1, -0.05) is 13.0 Å². The van der Waals surface area contributed by atoms with E-state index in [1.807, 2.05) is 5.40 Å². The lowest BCUT2D eigenvalue weighted by Crippen LogP contribution is -2.42. The van der Waals surface area contributed by atoms with Gasteiger partial charge in [-0.15, -0.1) is 23.2 Å². The molecule has 0 unspecified atom stereocenters. The first-order valence-corrected chi connectivity index (χ1v) is 14.6. The number of thiocyanates is 1. The molecule has 0 heterocycles. The maximum atomic E-state index is 7.91.